The van der Waals surface area contributed by atoms with E-state index in [1.165, 1.54) is 0 Å². The van der Waals surface area contributed by atoms with Crippen LogP contribution in [0.1, 0.15) is 32.1 Å². The van der Waals surface area contributed by atoms with E-state index in [4.69, 9.17) is 18.0 Å². The standard InChI is InChI=1S/C8H14N4OS/c1-3-7-10-11-8(14)12(7)5(2)4-6(9)13/h5H,3-4H2,1-2H3,(H2,9,13)(H,11,14). The second-order valence-electron chi connectivity index (χ2n) is 3.19. The van der Waals surface area contributed by atoms with E-state index < -0.39 is 0 Å². The first-order valence-corrected chi connectivity index (χ1v) is 4.91. The molecule has 5 nitrogen and oxygen atoms in total. The van der Waals surface area contributed by atoms with Crippen molar-refractivity contribution in [3.05, 3.63) is 10.6 Å². The fourth-order valence-electron chi connectivity index (χ4n) is 1.42. The normalized spacial score (nSPS) is 12.7. The van der Waals surface area contributed by atoms with Crippen LogP contribution in [0, 0.1) is 4.77 Å². The predicted molar refractivity (Wildman–Crippen MR) is 55.3 cm³/mol. The van der Waals surface area contributed by atoms with Crippen LogP contribution >= 0.6 is 12.2 Å². The first-order valence-electron chi connectivity index (χ1n) is 4.50. The Morgan fingerprint density at radius 3 is 2.93 bits per heavy atom. The van der Waals surface area contributed by atoms with Gasteiger partial charge in [0.2, 0.25) is 5.91 Å². The Labute approximate surface area is 87.3 Å². The molecule has 1 unspecified atom stereocenters. The van der Waals surface area contributed by atoms with E-state index in [2.05, 4.69) is 10.2 Å². The second-order valence-corrected chi connectivity index (χ2v) is 3.57. The molecule has 0 radical (unpaired) electrons. The van der Waals surface area contributed by atoms with Crippen LogP contribution in [-0.4, -0.2) is 20.7 Å². The molecule has 0 spiro atoms. The van der Waals surface area contributed by atoms with E-state index in [1.54, 1.807) is 0 Å². The minimum absolute atomic E-state index is 0.0336. The van der Waals surface area contributed by atoms with Crippen LogP contribution in [0.3, 0.4) is 0 Å². The highest BCUT2D eigenvalue weighted by Crippen LogP contribution is 2.13. The molecule has 1 atom stereocenters. The summed E-state index contributed by atoms with van der Waals surface area (Å²) in [4.78, 5) is 10.8. The zero-order chi connectivity index (χ0) is 10.7. The zero-order valence-corrected chi connectivity index (χ0v) is 9.10. The molecule has 1 rings (SSSR count). The Balaban J connectivity index is 2.98. The van der Waals surface area contributed by atoms with E-state index in [0.29, 0.717) is 4.77 Å². The van der Waals surface area contributed by atoms with Gasteiger partial charge in [-0.05, 0) is 19.1 Å². The van der Waals surface area contributed by atoms with E-state index in [9.17, 15) is 4.79 Å². The van der Waals surface area contributed by atoms with Gasteiger partial charge in [-0.3, -0.25) is 9.89 Å². The lowest BCUT2D eigenvalue weighted by molar-refractivity contribution is -0.118. The van der Waals surface area contributed by atoms with Gasteiger partial charge in [-0.2, -0.15) is 5.10 Å². The summed E-state index contributed by atoms with van der Waals surface area (Å²) in [6.07, 6.45) is 1.05. The molecule has 0 aliphatic heterocycles. The summed E-state index contributed by atoms with van der Waals surface area (Å²) in [7, 11) is 0. The van der Waals surface area contributed by atoms with Crippen LogP contribution in [0.4, 0.5) is 0 Å². The van der Waals surface area contributed by atoms with Crippen LogP contribution < -0.4 is 5.73 Å². The molecule has 0 aliphatic carbocycles. The minimum Gasteiger partial charge on any atom is -0.370 e. The number of amides is 1. The molecule has 14 heavy (non-hydrogen) atoms. The molecule has 0 fully saturated rings. The Kier molecular flexibility index (Phi) is 3.40. The van der Waals surface area contributed by atoms with Crippen LogP contribution in [-0.2, 0) is 11.2 Å². The van der Waals surface area contributed by atoms with Crippen LogP contribution in [0.15, 0.2) is 0 Å². The molecule has 1 aromatic rings. The molecule has 0 aromatic carbocycles. The SMILES string of the molecule is CCc1n[nH]c(=S)n1C(C)CC(N)=O. The number of nitrogens with two attached hydrogens (primary N) is 1. The van der Waals surface area contributed by atoms with Gasteiger partial charge < -0.3 is 10.3 Å². The number of nitrogens with zero attached hydrogens (tertiary/aromatic N) is 2. The number of hydrogen-bond acceptors (Lipinski definition) is 3. The average molecular weight is 214 g/mol. The first-order chi connectivity index (χ1) is 6.56. The third kappa shape index (κ3) is 2.20. The molecule has 3 N–H and O–H groups in total. The highest BCUT2D eigenvalue weighted by Gasteiger charge is 2.13. The number of aryl methyl sites for hydroxylation is 1. The average Bonchev–Trinajstić information content (AvgIpc) is 2.45. The molecular formula is C8H14N4OS. The van der Waals surface area contributed by atoms with Crippen molar-refractivity contribution in [1.82, 2.24) is 14.8 Å². The maximum atomic E-state index is 10.8. The minimum atomic E-state index is -0.331. The molecule has 0 saturated heterocycles. The monoisotopic (exact) mass is 214 g/mol. The molecule has 0 saturated carbocycles. The van der Waals surface area contributed by atoms with E-state index >= 15 is 0 Å². The van der Waals surface area contributed by atoms with Crippen molar-refractivity contribution in [3.8, 4) is 0 Å². The quantitative estimate of drug-likeness (QED) is 0.732. The number of aromatic amines is 1. The summed E-state index contributed by atoms with van der Waals surface area (Å²) in [5.41, 5.74) is 5.12. The summed E-state index contributed by atoms with van der Waals surface area (Å²) in [6.45, 7) is 3.88. The summed E-state index contributed by atoms with van der Waals surface area (Å²) in [6, 6.07) is -0.0336. The van der Waals surface area contributed by atoms with Crippen molar-refractivity contribution in [3.63, 3.8) is 0 Å². The van der Waals surface area contributed by atoms with Crippen LogP contribution in [0.2, 0.25) is 0 Å². The van der Waals surface area contributed by atoms with Gasteiger partial charge in [0.05, 0.1) is 0 Å². The van der Waals surface area contributed by atoms with Gasteiger partial charge >= 0.3 is 0 Å². The third-order valence-electron chi connectivity index (χ3n) is 2.03. The molecule has 1 amide bonds. The summed E-state index contributed by atoms with van der Waals surface area (Å²) >= 11 is 5.06. The lowest BCUT2D eigenvalue weighted by Crippen LogP contribution is -2.18. The summed E-state index contributed by atoms with van der Waals surface area (Å²) < 4.78 is 2.37. The van der Waals surface area contributed by atoms with E-state index in [0.717, 1.165) is 12.2 Å². The van der Waals surface area contributed by atoms with Gasteiger partial charge in [-0.15, -0.1) is 0 Å². The van der Waals surface area contributed by atoms with Crippen molar-refractivity contribution in [1.29, 1.82) is 0 Å². The number of primary amides is 1. The van der Waals surface area contributed by atoms with Crippen molar-refractivity contribution in [2.24, 2.45) is 5.73 Å². The molecular weight excluding hydrogens is 200 g/mol. The smallest absolute Gasteiger partial charge is 0.219 e. The number of carbonyl (C=O) groups is 1. The molecule has 0 bridgehead atoms. The lowest BCUT2D eigenvalue weighted by atomic mass is 10.2. The molecule has 0 aliphatic rings. The zero-order valence-electron chi connectivity index (χ0n) is 8.28. The summed E-state index contributed by atoms with van der Waals surface area (Å²) in [5.74, 6) is 0.520. The van der Waals surface area contributed by atoms with E-state index in [1.807, 2.05) is 18.4 Å². The van der Waals surface area contributed by atoms with Gasteiger partial charge in [-0.1, -0.05) is 6.92 Å². The second kappa shape index (κ2) is 4.36. The van der Waals surface area contributed by atoms with Gasteiger partial charge in [0.15, 0.2) is 4.77 Å². The van der Waals surface area contributed by atoms with Crippen molar-refractivity contribution >= 4 is 18.1 Å². The molecule has 1 aromatic heterocycles. The van der Waals surface area contributed by atoms with Crippen molar-refractivity contribution < 1.29 is 4.79 Å². The highest BCUT2D eigenvalue weighted by molar-refractivity contribution is 7.71. The van der Waals surface area contributed by atoms with Crippen molar-refractivity contribution in [2.45, 2.75) is 32.7 Å². The largest absolute Gasteiger partial charge is 0.370 e. The maximum absolute atomic E-state index is 10.8. The number of hydrogen-bond donors (Lipinski definition) is 2. The van der Waals surface area contributed by atoms with Crippen molar-refractivity contribution in [2.75, 3.05) is 0 Å². The Morgan fingerprint density at radius 1 is 1.79 bits per heavy atom. The first kappa shape index (κ1) is 10.9. The Morgan fingerprint density at radius 2 is 2.43 bits per heavy atom. The number of H-pyrrole nitrogens is 1. The Bertz CT molecular complexity index is 381. The fourth-order valence-corrected chi connectivity index (χ4v) is 1.75. The summed E-state index contributed by atoms with van der Waals surface area (Å²) in [5, 5.41) is 6.76. The highest BCUT2D eigenvalue weighted by atomic mass is 32.1. The fraction of sp³-hybridized carbons (Fsp3) is 0.625. The van der Waals surface area contributed by atoms with E-state index in [-0.39, 0.29) is 18.4 Å². The number of rotatable bonds is 4. The molecule has 78 valence electrons. The number of carbonyl (C=O) groups excluding carboxylic acids is 1. The topological polar surface area (TPSA) is 76.7 Å². The number of aromatic nitrogens is 3. The molecule has 1 heterocycles. The lowest BCUT2D eigenvalue weighted by Gasteiger charge is -2.12. The maximum Gasteiger partial charge on any atom is 0.219 e. The van der Waals surface area contributed by atoms with Gasteiger partial charge in [0.25, 0.3) is 0 Å². The number of nitrogens with one attached hydrogen (secondary N) is 1. The van der Waals surface area contributed by atoms with Gasteiger partial charge in [0, 0.05) is 18.9 Å². The predicted octanol–water partition coefficient (Wildman–Crippen LogP) is 0.939. The molecule has 6 heteroatoms. The van der Waals surface area contributed by atoms with Gasteiger partial charge in [0.1, 0.15) is 5.82 Å². The van der Waals surface area contributed by atoms with Crippen LogP contribution in [0.5, 0.6) is 0 Å². The third-order valence-corrected chi connectivity index (χ3v) is 2.32. The van der Waals surface area contributed by atoms with Crippen LogP contribution in [0.25, 0.3) is 0 Å². The van der Waals surface area contributed by atoms with Gasteiger partial charge in [-0.25, -0.2) is 0 Å². The Hall–Kier alpha value is -1.17.